The summed E-state index contributed by atoms with van der Waals surface area (Å²) in [6, 6.07) is 11.1. The predicted molar refractivity (Wildman–Crippen MR) is 123 cm³/mol. The molecule has 146 valence electrons. The molecule has 28 heavy (non-hydrogen) atoms. The van der Waals surface area contributed by atoms with Crippen molar-refractivity contribution in [2.45, 2.75) is 25.7 Å². The quantitative estimate of drug-likeness (QED) is 0.313. The van der Waals surface area contributed by atoms with E-state index in [1.54, 1.807) is 28.4 Å². The predicted octanol–water partition coefficient (Wildman–Crippen LogP) is 5.80. The lowest BCUT2D eigenvalue weighted by molar-refractivity contribution is -0.122. The van der Waals surface area contributed by atoms with Crippen molar-refractivity contribution in [2.75, 3.05) is 11.9 Å². The zero-order chi connectivity index (χ0) is 19.9. The van der Waals surface area contributed by atoms with Gasteiger partial charge >= 0.3 is 0 Å². The number of nitrogens with zero attached hydrogens (tertiary/aromatic N) is 1. The van der Waals surface area contributed by atoms with Gasteiger partial charge in [0.25, 0.3) is 5.91 Å². The second-order valence-corrected chi connectivity index (χ2v) is 9.25. The molecular weight excluding hydrogens is 432 g/mol. The van der Waals surface area contributed by atoms with Crippen molar-refractivity contribution in [1.29, 1.82) is 0 Å². The molecule has 0 atom stereocenters. The minimum atomic E-state index is -0.0578. The first kappa shape index (κ1) is 21.0. The summed E-state index contributed by atoms with van der Waals surface area (Å²) in [7, 11) is 0. The number of rotatable bonds is 8. The number of para-hydroxylation sites is 1. The summed E-state index contributed by atoms with van der Waals surface area (Å²) >= 11 is 14.3. The highest BCUT2D eigenvalue weighted by molar-refractivity contribution is 8.26. The lowest BCUT2D eigenvalue weighted by Crippen LogP contribution is -2.29. The summed E-state index contributed by atoms with van der Waals surface area (Å²) in [5, 5.41) is 5.33. The molecule has 3 rings (SSSR count). The van der Waals surface area contributed by atoms with Crippen molar-refractivity contribution in [2.24, 2.45) is 0 Å². The van der Waals surface area contributed by atoms with Crippen LogP contribution in [-0.2, 0) is 9.59 Å². The SMILES string of the molecule is O=C(CCCCCN1C(=O)/C(=C\c2cccs2)SC1=S)Nc1ccccc1Cl. The molecular formula is C20H19ClN2O2S3. The molecule has 0 spiro atoms. The van der Waals surface area contributed by atoms with Crippen LogP contribution in [0.1, 0.15) is 30.6 Å². The molecule has 0 unspecified atom stereocenters. The third-order valence-corrected chi connectivity index (χ3v) is 6.65. The van der Waals surface area contributed by atoms with Gasteiger partial charge in [-0.1, -0.05) is 60.2 Å². The number of amides is 2. The largest absolute Gasteiger partial charge is 0.325 e. The molecule has 1 aliphatic rings. The summed E-state index contributed by atoms with van der Waals surface area (Å²) in [6.07, 6.45) is 4.70. The van der Waals surface area contributed by atoms with Crippen LogP contribution < -0.4 is 5.32 Å². The molecule has 1 aliphatic heterocycles. The van der Waals surface area contributed by atoms with E-state index in [2.05, 4.69) is 5.32 Å². The third kappa shape index (κ3) is 5.67. The summed E-state index contributed by atoms with van der Waals surface area (Å²) in [6.45, 7) is 0.582. The lowest BCUT2D eigenvalue weighted by atomic mass is 10.1. The topological polar surface area (TPSA) is 49.4 Å². The number of carbonyl (C=O) groups is 2. The molecule has 0 aliphatic carbocycles. The maximum Gasteiger partial charge on any atom is 0.266 e. The highest BCUT2D eigenvalue weighted by atomic mass is 35.5. The van der Waals surface area contributed by atoms with Crippen LogP contribution in [0.5, 0.6) is 0 Å². The van der Waals surface area contributed by atoms with Crippen molar-refractivity contribution in [3.63, 3.8) is 0 Å². The maximum absolute atomic E-state index is 12.5. The second-order valence-electron chi connectivity index (χ2n) is 6.19. The highest BCUT2D eigenvalue weighted by Crippen LogP contribution is 2.33. The van der Waals surface area contributed by atoms with E-state index in [0.29, 0.717) is 32.9 Å². The summed E-state index contributed by atoms with van der Waals surface area (Å²) < 4.78 is 0.601. The zero-order valence-electron chi connectivity index (χ0n) is 15.0. The van der Waals surface area contributed by atoms with E-state index in [1.807, 2.05) is 35.7 Å². The van der Waals surface area contributed by atoms with Gasteiger partial charge in [-0.15, -0.1) is 11.3 Å². The number of hydrogen-bond acceptors (Lipinski definition) is 5. The van der Waals surface area contributed by atoms with Crippen molar-refractivity contribution < 1.29 is 9.59 Å². The Kier molecular flexibility index (Phi) is 7.67. The maximum atomic E-state index is 12.5. The molecule has 4 nitrogen and oxygen atoms in total. The van der Waals surface area contributed by atoms with E-state index < -0.39 is 0 Å². The molecule has 1 N–H and O–H groups in total. The third-order valence-electron chi connectivity index (χ3n) is 4.12. The molecule has 2 aromatic rings. The Hall–Kier alpha value is -1.67. The average Bonchev–Trinajstić information content (AvgIpc) is 3.27. The lowest BCUT2D eigenvalue weighted by Gasteiger charge is -2.14. The summed E-state index contributed by atoms with van der Waals surface area (Å²) in [4.78, 5) is 27.9. The first-order valence-electron chi connectivity index (χ1n) is 8.88. The van der Waals surface area contributed by atoms with Crippen LogP contribution >= 0.6 is 46.9 Å². The number of thioether (sulfide) groups is 1. The van der Waals surface area contributed by atoms with Gasteiger partial charge in [0, 0.05) is 17.8 Å². The standard InChI is InChI=1S/C20H19ClN2O2S3/c21-15-8-3-4-9-16(15)22-18(24)10-2-1-5-11-23-19(25)17(28-20(23)26)13-14-7-6-12-27-14/h3-4,6-9,12-13H,1-2,5,10-11H2,(H,22,24)/b17-13+. The van der Waals surface area contributed by atoms with Crippen LogP contribution in [0.15, 0.2) is 46.7 Å². The highest BCUT2D eigenvalue weighted by Gasteiger charge is 2.31. The summed E-state index contributed by atoms with van der Waals surface area (Å²) in [5.74, 6) is -0.0857. The molecule has 0 radical (unpaired) electrons. The minimum Gasteiger partial charge on any atom is -0.325 e. The van der Waals surface area contributed by atoms with Crippen LogP contribution in [0.2, 0.25) is 5.02 Å². The Morgan fingerprint density at radius 3 is 2.75 bits per heavy atom. The molecule has 0 bridgehead atoms. The number of nitrogens with one attached hydrogen (secondary N) is 1. The van der Waals surface area contributed by atoms with Gasteiger partial charge in [-0.25, -0.2) is 0 Å². The van der Waals surface area contributed by atoms with Gasteiger partial charge < -0.3 is 5.32 Å². The number of hydrogen-bond donors (Lipinski definition) is 1. The normalized spacial score (nSPS) is 15.5. The molecule has 2 heterocycles. The van der Waals surface area contributed by atoms with Gasteiger partial charge in [-0.05, 0) is 42.5 Å². The number of benzene rings is 1. The minimum absolute atomic E-state index is 0.0279. The number of carbonyl (C=O) groups excluding carboxylic acids is 2. The van der Waals surface area contributed by atoms with Crippen LogP contribution in [0.3, 0.4) is 0 Å². The van der Waals surface area contributed by atoms with Crippen molar-refractivity contribution in [1.82, 2.24) is 4.90 Å². The van der Waals surface area contributed by atoms with Crippen LogP contribution in [-0.4, -0.2) is 27.6 Å². The van der Waals surface area contributed by atoms with Crippen molar-refractivity contribution in [3.8, 4) is 0 Å². The van der Waals surface area contributed by atoms with E-state index in [9.17, 15) is 9.59 Å². The van der Waals surface area contributed by atoms with E-state index in [-0.39, 0.29) is 11.8 Å². The smallest absolute Gasteiger partial charge is 0.266 e. The van der Waals surface area contributed by atoms with Gasteiger partial charge in [0.1, 0.15) is 4.32 Å². The van der Waals surface area contributed by atoms with Crippen molar-refractivity contribution in [3.05, 3.63) is 56.6 Å². The fourth-order valence-electron chi connectivity index (χ4n) is 2.70. The van der Waals surface area contributed by atoms with Crippen molar-refractivity contribution >= 4 is 74.8 Å². The Balaban J connectivity index is 1.39. The van der Waals surface area contributed by atoms with Gasteiger partial charge in [-0.3, -0.25) is 14.5 Å². The Morgan fingerprint density at radius 1 is 1.18 bits per heavy atom. The second kappa shape index (κ2) is 10.2. The molecule has 1 fully saturated rings. The number of unbranched alkanes of at least 4 members (excludes halogenated alkanes) is 2. The first-order chi connectivity index (χ1) is 13.5. The zero-order valence-corrected chi connectivity index (χ0v) is 18.2. The van der Waals surface area contributed by atoms with Crippen LogP contribution in [0.25, 0.3) is 6.08 Å². The van der Waals surface area contributed by atoms with E-state index >= 15 is 0 Å². The van der Waals surface area contributed by atoms with Crippen LogP contribution in [0, 0.1) is 0 Å². The number of anilines is 1. The number of thiophene rings is 1. The number of halogens is 1. The van der Waals surface area contributed by atoms with Crippen LogP contribution in [0.4, 0.5) is 5.69 Å². The van der Waals surface area contributed by atoms with Gasteiger partial charge in [0.15, 0.2) is 0 Å². The fraction of sp³-hybridized carbons (Fsp3) is 0.250. The average molecular weight is 451 g/mol. The molecule has 1 aromatic heterocycles. The molecule has 1 saturated heterocycles. The summed E-state index contributed by atoms with van der Waals surface area (Å²) in [5.41, 5.74) is 0.629. The number of thiocarbonyl (C=S) groups is 1. The first-order valence-corrected chi connectivity index (χ1v) is 11.4. The molecule has 0 saturated carbocycles. The Labute approximate surface area is 183 Å². The van der Waals surface area contributed by atoms with Gasteiger partial charge in [0.05, 0.1) is 15.6 Å². The van der Waals surface area contributed by atoms with E-state index in [4.69, 9.17) is 23.8 Å². The van der Waals surface area contributed by atoms with Gasteiger partial charge in [-0.2, -0.15) is 0 Å². The van der Waals surface area contributed by atoms with E-state index in [0.717, 1.165) is 24.1 Å². The Morgan fingerprint density at radius 2 is 2.00 bits per heavy atom. The fourth-order valence-corrected chi connectivity index (χ4v) is 4.92. The molecule has 2 amide bonds. The van der Waals surface area contributed by atoms with E-state index in [1.165, 1.54) is 11.8 Å². The Bertz CT molecular complexity index is 897. The molecule has 1 aromatic carbocycles. The monoisotopic (exact) mass is 450 g/mol. The van der Waals surface area contributed by atoms with Gasteiger partial charge in [0.2, 0.25) is 5.91 Å². The molecule has 8 heteroatoms.